The average molecular weight is 362 g/mol. The van der Waals surface area contributed by atoms with Crippen molar-refractivity contribution in [2.45, 2.75) is 53.0 Å². The summed E-state index contributed by atoms with van der Waals surface area (Å²) in [6.07, 6.45) is -0.00384. The van der Waals surface area contributed by atoms with Crippen molar-refractivity contribution >= 4 is 34.1 Å². The van der Waals surface area contributed by atoms with Gasteiger partial charge in [-0.25, -0.2) is 0 Å². The monoisotopic (exact) mass is 361 g/mol. The first-order valence-corrected chi connectivity index (χ1v) is 9.90. The molecular formula is C16H31NO4SSi. The molecule has 5 nitrogen and oxygen atoms in total. The normalized spacial score (nSPS) is 23.6. The third-order valence-electron chi connectivity index (χ3n) is 4.51. The second kappa shape index (κ2) is 7.57. The number of β-lactam (4-membered cyclic amide) rings is 1. The Kier molecular flexibility index (Phi) is 6.75. The number of amides is 1. The summed E-state index contributed by atoms with van der Waals surface area (Å²) in [6, 6.07) is 0. The van der Waals surface area contributed by atoms with Crippen LogP contribution in [0.1, 0.15) is 41.5 Å². The highest BCUT2D eigenvalue weighted by Crippen LogP contribution is 2.50. The molecule has 0 aromatic rings. The molecule has 3 atom stereocenters. The molecule has 0 N–H and O–H groups in total. The number of thioether (sulfide) groups is 1. The highest BCUT2D eigenvalue weighted by molar-refractivity contribution is 7.99. The molecule has 1 fully saturated rings. The maximum absolute atomic E-state index is 12.8. The number of carbonyl (C=O) groups is 2. The second-order valence-corrected chi connectivity index (χ2v) is 9.53. The Morgan fingerprint density at radius 2 is 1.91 bits per heavy atom. The number of likely N-dealkylation sites (tertiary alicyclic amines) is 1. The molecule has 0 aromatic heterocycles. The summed E-state index contributed by atoms with van der Waals surface area (Å²) in [5.41, 5.74) is -0.341. The van der Waals surface area contributed by atoms with E-state index in [9.17, 15) is 9.59 Å². The van der Waals surface area contributed by atoms with Crippen LogP contribution in [0.15, 0.2) is 0 Å². The van der Waals surface area contributed by atoms with Crippen LogP contribution in [0.3, 0.4) is 0 Å². The van der Waals surface area contributed by atoms with Crippen molar-refractivity contribution in [3.8, 4) is 0 Å². The van der Waals surface area contributed by atoms with E-state index in [1.54, 1.807) is 16.7 Å². The number of hydrogen-bond donors (Lipinski definition) is 0. The van der Waals surface area contributed by atoms with E-state index < -0.39 is 0 Å². The van der Waals surface area contributed by atoms with Gasteiger partial charge in [0.15, 0.2) is 0 Å². The molecule has 0 aromatic carbocycles. The second-order valence-electron chi connectivity index (χ2n) is 7.67. The van der Waals surface area contributed by atoms with E-state index in [-0.39, 0.29) is 46.6 Å². The third kappa shape index (κ3) is 4.11. The Hall–Kier alpha value is -0.533. The van der Waals surface area contributed by atoms with Gasteiger partial charge in [-0.15, -0.1) is 11.8 Å². The number of hydrogen-bond acceptors (Lipinski definition) is 5. The zero-order chi connectivity index (χ0) is 18.0. The van der Waals surface area contributed by atoms with Gasteiger partial charge in [-0.3, -0.25) is 9.59 Å². The van der Waals surface area contributed by atoms with Crippen LogP contribution in [0.25, 0.3) is 0 Å². The number of ether oxygens (including phenoxy) is 1. The molecule has 0 saturated carbocycles. The lowest BCUT2D eigenvalue weighted by Crippen LogP contribution is -2.67. The summed E-state index contributed by atoms with van der Waals surface area (Å²) < 4.78 is 10.6. The lowest BCUT2D eigenvalue weighted by atomic mass is 9.63. The quantitative estimate of drug-likeness (QED) is 0.390. The smallest absolute Gasteiger partial charge is 0.325 e. The number of carbonyl (C=O) groups excluding carboxylic acids is 2. The summed E-state index contributed by atoms with van der Waals surface area (Å²) in [5, 5.41) is 0.00302. The number of methoxy groups -OCH3 is 1. The number of esters is 1. The maximum atomic E-state index is 12.8. The molecule has 7 heteroatoms. The van der Waals surface area contributed by atoms with Gasteiger partial charge in [-0.1, -0.05) is 41.5 Å². The van der Waals surface area contributed by atoms with Crippen molar-refractivity contribution in [3.05, 3.63) is 0 Å². The summed E-state index contributed by atoms with van der Waals surface area (Å²) in [6.45, 7) is 12.8. The standard InChI is InChI=1S/C16H31NO4SSi/c1-8-22-13-11(12(19)17(13)9-10(18)20-7)16(5,6)14(21-23)15(2,3)4/h11,13-14H,8-9H2,1-7,23H3/t11?,13?,14-/m0/s1. The summed E-state index contributed by atoms with van der Waals surface area (Å²) in [4.78, 5) is 26.0. The minimum absolute atomic E-state index is 0.00302. The Labute approximate surface area is 147 Å². The van der Waals surface area contributed by atoms with Crippen LogP contribution in [0.5, 0.6) is 0 Å². The molecule has 23 heavy (non-hydrogen) atoms. The minimum Gasteiger partial charge on any atom is -0.468 e. The van der Waals surface area contributed by atoms with Crippen LogP contribution in [-0.4, -0.2) is 58.1 Å². The van der Waals surface area contributed by atoms with Crippen LogP contribution in [0.2, 0.25) is 0 Å². The zero-order valence-electron chi connectivity index (χ0n) is 15.6. The van der Waals surface area contributed by atoms with Crippen LogP contribution in [-0.2, 0) is 18.8 Å². The van der Waals surface area contributed by atoms with Gasteiger partial charge in [0.05, 0.1) is 24.5 Å². The highest BCUT2D eigenvalue weighted by atomic mass is 32.2. The molecule has 0 radical (unpaired) electrons. The molecule has 0 spiro atoms. The summed E-state index contributed by atoms with van der Waals surface area (Å²) >= 11 is 1.71. The van der Waals surface area contributed by atoms with Crippen molar-refractivity contribution < 1.29 is 18.8 Å². The Morgan fingerprint density at radius 3 is 2.30 bits per heavy atom. The van der Waals surface area contributed by atoms with Crippen molar-refractivity contribution in [3.63, 3.8) is 0 Å². The SMILES string of the molecule is CCSC1C(C(C)(C)[C@@H](O[SiH3])C(C)(C)C)C(=O)N1CC(=O)OC. The fourth-order valence-electron chi connectivity index (χ4n) is 3.87. The Bertz CT molecular complexity index is 450. The topological polar surface area (TPSA) is 55.8 Å². The van der Waals surface area contributed by atoms with Gasteiger partial charge in [0.1, 0.15) is 17.0 Å². The van der Waals surface area contributed by atoms with E-state index in [4.69, 9.17) is 9.16 Å². The first-order chi connectivity index (χ1) is 10.5. The number of nitrogens with zero attached hydrogens (tertiary/aromatic N) is 1. The van der Waals surface area contributed by atoms with Gasteiger partial charge < -0.3 is 14.1 Å². The third-order valence-corrected chi connectivity index (χ3v) is 6.18. The van der Waals surface area contributed by atoms with Gasteiger partial charge in [0.2, 0.25) is 5.91 Å². The lowest BCUT2D eigenvalue weighted by molar-refractivity contribution is -0.172. The summed E-state index contributed by atoms with van der Waals surface area (Å²) in [7, 11) is 1.98. The molecule has 1 heterocycles. The van der Waals surface area contributed by atoms with Gasteiger partial charge >= 0.3 is 5.97 Å². The Balaban J connectivity index is 3.05. The van der Waals surface area contributed by atoms with Crippen molar-refractivity contribution in [2.75, 3.05) is 19.4 Å². The van der Waals surface area contributed by atoms with Crippen LogP contribution in [0, 0.1) is 16.7 Å². The minimum atomic E-state index is -0.372. The molecule has 1 aliphatic rings. The van der Waals surface area contributed by atoms with E-state index in [1.165, 1.54) is 7.11 Å². The van der Waals surface area contributed by atoms with E-state index in [0.717, 1.165) is 5.75 Å². The van der Waals surface area contributed by atoms with Gasteiger partial charge in [0, 0.05) is 5.41 Å². The van der Waals surface area contributed by atoms with Crippen molar-refractivity contribution in [1.82, 2.24) is 4.90 Å². The van der Waals surface area contributed by atoms with E-state index in [0.29, 0.717) is 10.5 Å². The molecule has 1 rings (SSSR count). The predicted octanol–water partition coefficient (Wildman–Crippen LogP) is 1.43. The first-order valence-electron chi connectivity index (χ1n) is 8.04. The van der Waals surface area contributed by atoms with Crippen LogP contribution < -0.4 is 0 Å². The first kappa shape index (κ1) is 20.5. The van der Waals surface area contributed by atoms with Crippen LogP contribution >= 0.6 is 11.8 Å². The molecule has 134 valence electrons. The predicted molar refractivity (Wildman–Crippen MR) is 97.2 cm³/mol. The average Bonchev–Trinajstić information content (AvgIpc) is 2.42. The van der Waals surface area contributed by atoms with E-state index >= 15 is 0 Å². The fraction of sp³-hybridized carbons (Fsp3) is 0.875. The fourth-order valence-corrected chi connectivity index (χ4v) is 6.55. The van der Waals surface area contributed by atoms with E-state index in [2.05, 4.69) is 41.5 Å². The zero-order valence-corrected chi connectivity index (χ0v) is 18.5. The largest absolute Gasteiger partial charge is 0.468 e. The molecule has 0 bridgehead atoms. The molecule has 0 aliphatic carbocycles. The highest BCUT2D eigenvalue weighted by Gasteiger charge is 2.58. The Morgan fingerprint density at radius 1 is 1.35 bits per heavy atom. The summed E-state index contributed by atoms with van der Waals surface area (Å²) in [5.74, 6) is 0.404. The van der Waals surface area contributed by atoms with Crippen molar-refractivity contribution in [2.24, 2.45) is 16.7 Å². The van der Waals surface area contributed by atoms with E-state index in [1.807, 2.05) is 0 Å². The maximum Gasteiger partial charge on any atom is 0.325 e. The lowest BCUT2D eigenvalue weighted by Gasteiger charge is -2.56. The van der Waals surface area contributed by atoms with Gasteiger partial charge in [-0.05, 0) is 11.2 Å². The molecule has 2 unspecified atom stereocenters. The number of rotatable bonds is 7. The van der Waals surface area contributed by atoms with Crippen LogP contribution in [0.4, 0.5) is 0 Å². The molecular weight excluding hydrogens is 330 g/mol. The van der Waals surface area contributed by atoms with Gasteiger partial charge in [-0.2, -0.15) is 0 Å². The molecule has 1 amide bonds. The van der Waals surface area contributed by atoms with Gasteiger partial charge in [0.25, 0.3) is 0 Å². The molecule has 1 saturated heterocycles. The molecule has 1 aliphatic heterocycles. The van der Waals surface area contributed by atoms with Crippen molar-refractivity contribution in [1.29, 1.82) is 0 Å².